The molecule has 2 N–H and O–H groups in total. The molecule has 3 aromatic heterocycles. The van der Waals surface area contributed by atoms with Crippen molar-refractivity contribution in [2.24, 2.45) is 5.92 Å². The molecule has 3 heterocycles. The smallest absolute Gasteiger partial charge is 0.270 e. The molecule has 0 aromatic carbocycles. The average Bonchev–Trinajstić information content (AvgIpc) is 3.38. The predicted octanol–water partition coefficient (Wildman–Crippen LogP) is 2.73. The minimum Gasteiger partial charge on any atom is -0.390 e. The number of imidazole rings is 1. The van der Waals surface area contributed by atoms with E-state index < -0.39 is 12.0 Å². The molecule has 0 bridgehead atoms. The van der Waals surface area contributed by atoms with Crippen molar-refractivity contribution in [1.29, 1.82) is 0 Å². The van der Waals surface area contributed by atoms with E-state index in [1.54, 1.807) is 35.3 Å². The zero-order valence-electron chi connectivity index (χ0n) is 16.6. The normalized spacial score (nSPS) is 17.9. The number of carbonyl (C=O) groups is 1. The molecule has 1 aliphatic carbocycles. The molecule has 30 heavy (non-hydrogen) atoms. The molecule has 4 rings (SSSR count). The zero-order valence-corrected chi connectivity index (χ0v) is 16.6. The van der Waals surface area contributed by atoms with E-state index in [1.165, 1.54) is 4.52 Å². The summed E-state index contributed by atoms with van der Waals surface area (Å²) in [5.74, 6) is -3.16. The first-order valence-electron chi connectivity index (χ1n) is 10.1. The first-order valence-corrected chi connectivity index (χ1v) is 10.1. The first kappa shape index (κ1) is 20.4. The number of nitrogens with zero attached hydrogens (tertiary/aromatic N) is 5. The molecule has 10 heteroatoms. The van der Waals surface area contributed by atoms with E-state index in [0.717, 1.165) is 0 Å². The molecule has 1 aliphatic rings. The molecular formula is C20H24F2N6O2. The molecule has 0 radical (unpaired) electrons. The third-order valence-electron chi connectivity index (χ3n) is 5.64. The van der Waals surface area contributed by atoms with Gasteiger partial charge in [0, 0.05) is 25.6 Å². The largest absolute Gasteiger partial charge is 0.390 e. The van der Waals surface area contributed by atoms with Crippen molar-refractivity contribution in [3.8, 4) is 0 Å². The minimum atomic E-state index is -2.66. The van der Waals surface area contributed by atoms with Gasteiger partial charge in [-0.25, -0.2) is 18.3 Å². The second-order valence-electron chi connectivity index (χ2n) is 7.63. The van der Waals surface area contributed by atoms with Gasteiger partial charge >= 0.3 is 0 Å². The number of amides is 1. The Bertz CT molecular complexity index is 1040. The molecule has 3 aromatic rings. The fourth-order valence-corrected chi connectivity index (χ4v) is 4.00. The highest BCUT2D eigenvalue weighted by atomic mass is 19.3. The van der Waals surface area contributed by atoms with Crippen LogP contribution in [0.1, 0.15) is 60.5 Å². The number of hydrogen-bond acceptors (Lipinski definition) is 5. The molecule has 0 aliphatic heterocycles. The van der Waals surface area contributed by atoms with Crippen molar-refractivity contribution in [2.45, 2.75) is 57.7 Å². The second kappa shape index (κ2) is 8.10. The quantitative estimate of drug-likeness (QED) is 0.642. The monoisotopic (exact) mass is 418 g/mol. The van der Waals surface area contributed by atoms with Gasteiger partial charge in [0.2, 0.25) is 5.92 Å². The van der Waals surface area contributed by atoms with Gasteiger partial charge in [0.1, 0.15) is 5.69 Å². The van der Waals surface area contributed by atoms with Crippen LogP contribution in [0.15, 0.2) is 30.6 Å². The lowest BCUT2D eigenvalue weighted by Gasteiger charge is -2.33. The molecule has 0 saturated heterocycles. The summed E-state index contributed by atoms with van der Waals surface area (Å²) in [6.45, 7) is 2.22. The third-order valence-corrected chi connectivity index (χ3v) is 5.64. The van der Waals surface area contributed by atoms with Crippen LogP contribution in [-0.4, -0.2) is 41.3 Å². The summed E-state index contributed by atoms with van der Waals surface area (Å²) in [5, 5.41) is 20.7. The first-order chi connectivity index (χ1) is 14.4. The minimum absolute atomic E-state index is 0.172. The molecule has 8 nitrogen and oxygen atoms in total. The van der Waals surface area contributed by atoms with Crippen molar-refractivity contribution in [1.82, 2.24) is 29.7 Å². The van der Waals surface area contributed by atoms with Crippen LogP contribution in [0.25, 0.3) is 5.65 Å². The number of hydrogen-bond donors (Lipinski definition) is 2. The lowest BCUT2D eigenvalue weighted by Crippen LogP contribution is -2.38. The summed E-state index contributed by atoms with van der Waals surface area (Å²) >= 11 is 0. The van der Waals surface area contributed by atoms with E-state index in [-0.39, 0.29) is 44.1 Å². The number of fused-ring (bicyclic) bond motifs is 1. The molecule has 1 fully saturated rings. The highest BCUT2D eigenvalue weighted by Gasteiger charge is 2.39. The third kappa shape index (κ3) is 4.04. The van der Waals surface area contributed by atoms with Crippen molar-refractivity contribution >= 4 is 11.6 Å². The van der Waals surface area contributed by atoms with Gasteiger partial charge in [-0.1, -0.05) is 0 Å². The van der Waals surface area contributed by atoms with Crippen LogP contribution in [0.3, 0.4) is 0 Å². The van der Waals surface area contributed by atoms with Crippen molar-refractivity contribution < 1.29 is 18.7 Å². The van der Waals surface area contributed by atoms with E-state index in [2.05, 4.69) is 20.5 Å². The van der Waals surface area contributed by atoms with Crippen LogP contribution in [0.4, 0.5) is 8.78 Å². The number of aliphatic hydroxyl groups excluding tert-OH is 1. The lowest BCUT2D eigenvalue weighted by molar-refractivity contribution is -0.0495. The Morgan fingerprint density at radius 1 is 1.33 bits per heavy atom. The van der Waals surface area contributed by atoms with Crippen LogP contribution >= 0.6 is 0 Å². The standard InChI is InChI=1S/C20H24F2N6O2/c1-2-27-16(7-10-23-27)19(30)25-18(13-5-8-20(21,22)9-6-13)15-11-28-17(24-15)4-3-14(12-29)26-28/h3-4,7,10-11,13,18,29H,2,5-6,8-9,12H2,1H3,(H,25,30)/t18-/m0/s1. The number of alkyl halides is 2. The Hall–Kier alpha value is -2.88. The number of aliphatic hydroxyl groups is 1. The van der Waals surface area contributed by atoms with Gasteiger partial charge in [-0.05, 0) is 43.9 Å². The fraction of sp³-hybridized carbons (Fsp3) is 0.500. The van der Waals surface area contributed by atoms with Crippen LogP contribution in [0.2, 0.25) is 0 Å². The number of nitrogens with one attached hydrogen (secondary N) is 1. The fourth-order valence-electron chi connectivity index (χ4n) is 4.00. The van der Waals surface area contributed by atoms with Gasteiger partial charge in [0.25, 0.3) is 5.91 Å². The summed E-state index contributed by atoms with van der Waals surface area (Å²) in [6.07, 6.45) is 3.39. The summed E-state index contributed by atoms with van der Waals surface area (Å²) in [7, 11) is 0. The van der Waals surface area contributed by atoms with Crippen LogP contribution in [-0.2, 0) is 13.2 Å². The van der Waals surface area contributed by atoms with Crippen LogP contribution in [0, 0.1) is 5.92 Å². The van der Waals surface area contributed by atoms with Gasteiger partial charge in [-0.2, -0.15) is 10.2 Å². The summed E-state index contributed by atoms with van der Waals surface area (Å²) in [4.78, 5) is 17.5. The van der Waals surface area contributed by atoms with Crippen LogP contribution in [0.5, 0.6) is 0 Å². The number of carbonyl (C=O) groups excluding carboxylic acids is 1. The number of aromatic nitrogens is 5. The highest BCUT2D eigenvalue weighted by molar-refractivity contribution is 5.92. The Labute approximate surface area is 171 Å². The van der Waals surface area contributed by atoms with Crippen LogP contribution < -0.4 is 5.32 Å². The van der Waals surface area contributed by atoms with Gasteiger partial charge in [-0.15, -0.1) is 0 Å². The molecule has 1 atom stereocenters. The predicted molar refractivity (Wildman–Crippen MR) is 104 cm³/mol. The van der Waals surface area contributed by atoms with Gasteiger partial charge in [0.05, 0.1) is 30.2 Å². The van der Waals surface area contributed by atoms with E-state index in [0.29, 0.717) is 29.3 Å². The zero-order chi connectivity index (χ0) is 21.3. The lowest BCUT2D eigenvalue weighted by atomic mass is 9.81. The topological polar surface area (TPSA) is 97.3 Å². The molecule has 1 saturated carbocycles. The maximum atomic E-state index is 13.7. The van der Waals surface area contributed by atoms with E-state index in [1.807, 2.05) is 6.92 Å². The maximum Gasteiger partial charge on any atom is 0.270 e. The molecule has 0 unspecified atom stereocenters. The molecule has 0 spiro atoms. The number of halogens is 2. The average molecular weight is 418 g/mol. The van der Waals surface area contributed by atoms with Crippen molar-refractivity contribution in [3.63, 3.8) is 0 Å². The highest BCUT2D eigenvalue weighted by Crippen LogP contribution is 2.41. The Morgan fingerprint density at radius 2 is 2.10 bits per heavy atom. The number of rotatable bonds is 6. The Morgan fingerprint density at radius 3 is 2.80 bits per heavy atom. The summed E-state index contributed by atoms with van der Waals surface area (Å²) in [5.41, 5.74) is 2.01. The molecule has 160 valence electrons. The summed E-state index contributed by atoms with van der Waals surface area (Å²) in [6, 6.07) is 4.49. The van der Waals surface area contributed by atoms with Gasteiger partial charge < -0.3 is 10.4 Å². The van der Waals surface area contributed by atoms with Crippen molar-refractivity contribution in [2.75, 3.05) is 0 Å². The van der Waals surface area contributed by atoms with E-state index in [9.17, 15) is 18.7 Å². The Balaban J connectivity index is 1.66. The van der Waals surface area contributed by atoms with Gasteiger partial charge in [-0.3, -0.25) is 9.48 Å². The Kier molecular flexibility index (Phi) is 5.50. The van der Waals surface area contributed by atoms with E-state index in [4.69, 9.17) is 0 Å². The summed E-state index contributed by atoms with van der Waals surface area (Å²) < 4.78 is 30.6. The maximum absolute atomic E-state index is 13.7. The van der Waals surface area contributed by atoms with Crippen molar-refractivity contribution in [3.05, 3.63) is 47.7 Å². The number of aryl methyl sites for hydroxylation is 1. The second-order valence-corrected chi connectivity index (χ2v) is 7.63. The van der Waals surface area contributed by atoms with Gasteiger partial charge in [0.15, 0.2) is 5.65 Å². The molecular weight excluding hydrogens is 394 g/mol. The molecule has 1 amide bonds. The SMILES string of the molecule is CCn1nccc1C(=O)N[C@H](c1cn2nc(CO)ccc2n1)C1CCC(F)(F)CC1. The van der Waals surface area contributed by atoms with E-state index >= 15 is 0 Å².